The molecule has 0 unspecified atom stereocenters. The maximum absolute atomic E-state index is 12.3. The number of esters is 1. The Bertz CT molecular complexity index is 610. The van der Waals surface area contributed by atoms with Gasteiger partial charge in [-0.05, 0) is 40.0 Å². The third kappa shape index (κ3) is 3.96. The van der Waals surface area contributed by atoms with Gasteiger partial charge >= 0.3 is 5.97 Å². The van der Waals surface area contributed by atoms with Crippen molar-refractivity contribution in [3.8, 4) is 0 Å². The Kier molecular flexibility index (Phi) is 4.39. The molecule has 0 fully saturated rings. The van der Waals surface area contributed by atoms with Crippen LogP contribution in [0.15, 0.2) is 22.4 Å². The molecular weight excluding hydrogens is 284 g/mol. The van der Waals surface area contributed by atoms with E-state index >= 15 is 0 Å². The van der Waals surface area contributed by atoms with E-state index in [0.717, 1.165) is 5.69 Å². The number of hydrogen-bond acceptors (Lipinski definition) is 6. The number of nitrogens with zero attached hydrogens (tertiary/aromatic N) is 1. The van der Waals surface area contributed by atoms with Crippen LogP contribution in [0.25, 0.3) is 0 Å². The number of nitrogens with one attached hydrogen (secondary N) is 1. The lowest BCUT2D eigenvalue weighted by atomic mass is 9.82. The van der Waals surface area contributed by atoms with Crippen LogP contribution in [0.1, 0.15) is 39.8 Å². The van der Waals surface area contributed by atoms with Gasteiger partial charge in [0.1, 0.15) is 11.5 Å². The molecule has 0 saturated heterocycles. The minimum absolute atomic E-state index is 0.140. The van der Waals surface area contributed by atoms with Gasteiger partial charge in [-0.25, -0.2) is 0 Å². The van der Waals surface area contributed by atoms with Gasteiger partial charge in [-0.2, -0.15) is 0 Å². The van der Waals surface area contributed by atoms with Gasteiger partial charge in [0.2, 0.25) is 5.88 Å². The molecule has 0 aromatic carbocycles. The highest BCUT2D eigenvalue weighted by Crippen LogP contribution is 2.30. The van der Waals surface area contributed by atoms with Crippen molar-refractivity contribution in [1.29, 1.82) is 0 Å². The number of carbonyl (C=O) groups is 2. The van der Waals surface area contributed by atoms with Crippen LogP contribution < -0.4 is 5.32 Å². The Morgan fingerprint density at radius 1 is 1.45 bits per heavy atom. The molecular formula is C16H22N2O4. The summed E-state index contributed by atoms with van der Waals surface area (Å²) >= 11 is 0. The second-order valence-corrected chi connectivity index (χ2v) is 6.72. The van der Waals surface area contributed by atoms with Crippen LogP contribution in [0.3, 0.4) is 0 Å². The molecule has 1 aromatic rings. The zero-order valence-electron chi connectivity index (χ0n) is 13.6. The first-order valence-corrected chi connectivity index (χ1v) is 7.33. The third-order valence-electron chi connectivity index (χ3n) is 3.31. The van der Waals surface area contributed by atoms with Crippen molar-refractivity contribution < 1.29 is 18.8 Å². The van der Waals surface area contributed by atoms with Crippen molar-refractivity contribution >= 4 is 17.6 Å². The molecule has 0 amide bonds. The molecule has 2 rings (SSSR count). The van der Waals surface area contributed by atoms with Crippen molar-refractivity contribution in [3.63, 3.8) is 0 Å². The third-order valence-corrected chi connectivity index (χ3v) is 3.31. The predicted octanol–water partition coefficient (Wildman–Crippen LogP) is 2.85. The quantitative estimate of drug-likeness (QED) is 0.683. The van der Waals surface area contributed by atoms with Gasteiger partial charge < -0.3 is 14.6 Å². The molecule has 1 aliphatic rings. The highest BCUT2D eigenvalue weighted by molar-refractivity contribution is 6.06. The largest absolute Gasteiger partial charge is 0.459 e. The highest BCUT2D eigenvalue weighted by atomic mass is 16.6. The van der Waals surface area contributed by atoms with Gasteiger partial charge in [0.05, 0.1) is 5.69 Å². The normalized spacial score (nSPS) is 22.2. The van der Waals surface area contributed by atoms with Crippen molar-refractivity contribution in [2.75, 3.05) is 5.32 Å². The summed E-state index contributed by atoms with van der Waals surface area (Å²) in [6, 6.07) is 1.75. The number of hydrogen-bond donors (Lipinski definition) is 1. The summed E-state index contributed by atoms with van der Waals surface area (Å²) in [6.45, 7) is 9.05. The fraction of sp³-hybridized carbons (Fsp3) is 0.562. The Balaban J connectivity index is 2.09. The first kappa shape index (κ1) is 16.3. The lowest BCUT2D eigenvalue weighted by Crippen LogP contribution is -2.38. The number of ether oxygens (including phenoxy) is 1. The monoisotopic (exact) mass is 306 g/mol. The number of anilines is 1. The number of rotatable bonds is 3. The molecule has 22 heavy (non-hydrogen) atoms. The van der Waals surface area contributed by atoms with E-state index < -0.39 is 17.5 Å². The molecule has 0 saturated carbocycles. The van der Waals surface area contributed by atoms with E-state index in [0.29, 0.717) is 18.0 Å². The van der Waals surface area contributed by atoms with Crippen LogP contribution in [0.4, 0.5) is 5.88 Å². The zero-order chi connectivity index (χ0) is 16.5. The van der Waals surface area contributed by atoms with Crippen molar-refractivity contribution in [2.45, 2.75) is 46.6 Å². The second-order valence-electron chi connectivity index (χ2n) is 6.72. The number of carbonyl (C=O) groups excluding carboxylic acids is 2. The summed E-state index contributed by atoms with van der Waals surface area (Å²) in [6.07, 6.45) is 2.02. The van der Waals surface area contributed by atoms with Crippen LogP contribution in [0, 0.1) is 18.8 Å². The smallest absolute Gasteiger partial charge is 0.317 e. The molecule has 1 heterocycles. The molecule has 1 N–H and O–H groups in total. The van der Waals surface area contributed by atoms with E-state index in [2.05, 4.69) is 10.5 Å². The molecule has 1 aromatic heterocycles. The predicted molar refractivity (Wildman–Crippen MR) is 81.1 cm³/mol. The van der Waals surface area contributed by atoms with Crippen molar-refractivity contribution in [3.05, 3.63) is 23.5 Å². The average molecular weight is 306 g/mol. The van der Waals surface area contributed by atoms with Gasteiger partial charge in [-0.1, -0.05) is 12.1 Å². The molecule has 1 aliphatic carbocycles. The number of aryl methyl sites for hydroxylation is 1. The minimum Gasteiger partial charge on any atom is -0.459 e. The topological polar surface area (TPSA) is 81.4 Å². The zero-order valence-corrected chi connectivity index (χ0v) is 13.6. The standard InChI is InChI=1S/C16H22N2O4/c1-9-6-11(17-13-7-10(2)18-22-13)8-12(19)14(9)15(20)21-16(3,4)5/h7-9,14,17H,6H2,1-5H3/t9-,14+/m1/s1. The summed E-state index contributed by atoms with van der Waals surface area (Å²) in [5.41, 5.74) is 0.870. The average Bonchev–Trinajstić information content (AvgIpc) is 2.71. The molecule has 0 radical (unpaired) electrons. The van der Waals surface area contributed by atoms with Gasteiger partial charge in [0.15, 0.2) is 5.78 Å². The summed E-state index contributed by atoms with van der Waals surface area (Å²) in [5.74, 6) is -1.11. The number of ketones is 1. The van der Waals surface area contributed by atoms with Gasteiger partial charge in [0, 0.05) is 17.8 Å². The molecule has 0 aliphatic heterocycles. The molecule has 2 atom stereocenters. The second kappa shape index (κ2) is 5.94. The van der Waals surface area contributed by atoms with E-state index in [1.54, 1.807) is 26.8 Å². The Morgan fingerprint density at radius 3 is 2.64 bits per heavy atom. The maximum Gasteiger partial charge on any atom is 0.317 e. The first-order chi connectivity index (χ1) is 10.2. The number of allylic oxidation sites excluding steroid dienone is 2. The van der Waals surface area contributed by atoms with Crippen LogP contribution in [-0.2, 0) is 14.3 Å². The van der Waals surface area contributed by atoms with Gasteiger partial charge in [-0.15, -0.1) is 0 Å². The SMILES string of the molecule is Cc1cc(NC2=CC(=O)[C@@H](C(=O)OC(C)(C)C)[C@H](C)C2)on1. The minimum atomic E-state index is -0.749. The summed E-state index contributed by atoms with van der Waals surface area (Å²) in [7, 11) is 0. The van der Waals surface area contributed by atoms with E-state index in [-0.39, 0.29) is 11.7 Å². The lowest BCUT2D eigenvalue weighted by Gasteiger charge is -2.29. The summed E-state index contributed by atoms with van der Waals surface area (Å²) in [5, 5.41) is 6.81. The maximum atomic E-state index is 12.3. The van der Waals surface area contributed by atoms with Crippen LogP contribution in [0.2, 0.25) is 0 Å². The van der Waals surface area contributed by atoms with E-state index in [1.807, 2.05) is 13.8 Å². The van der Waals surface area contributed by atoms with Crippen LogP contribution >= 0.6 is 0 Å². The number of aromatic nitrogens is 1. The van der Waals surface area contributed by atoms with E-state index in [1.165, 1.54) is 6.08 Å². The van der Waals surface area contributed by atoms with E-state index in [9.17, 15) is 9.59 Å². The molecule has 120 valence electrons. The Labute approximate surface area is 129 Å². The summed E-state index contributed by atoms with van der Waals surface area (Å²) in [4.78, 5) is 24.5. The van der Waals surface area contributed by atoms with Crippen LogP contribution in [0.5, 0.6) is 0 Å². The van der Waals surface area contributed by atoms with Gasteiger partial charge in [-0.3, -0.25) is 9.59 Å². The Morgan fingerprint density at radius 2 is 2.14 bits per heavy atom. The van der Waals surface area contributed by atoms with Crippen LogP contribution in [-0.4, -0.2) is 22.5 Å². The fourth-order valence-corrected chi connectivity index (χ4v) is 2.45. The highest BCUT2D eigenvalue weighted by Gasteiger charge is 2.38. The van der Waals surface area contributed by atoms with E-state index in [4.69, 9.17) is 9.26 Å². The fourth-order valence-electron chi connectivity index (χ4n) is 2.45. The first-order valence-electron chi connectivity index (χ1n) is 7.33. The summed E-state index contributed by atoms with van der Waals surface area (Å²) < 4.78 is 10.4. The van der Waals surface area contributed by atoms with Crippen molar-refractivity contribution in [2.24, 2.45) is 11.8 Å². The van der Waals surface area contributed by atoms with Gasteiger partial charge in [0.25, 0.3) is 0 Å². The van der Waals surface area contributed by atoms with Crippen molar-refractivity contribution in [1.82, 2.24) is 5.16 Å². The lowest BCUT2D eigenvalue weighted by molar-refractivity contribution is -0.163. The molecule has 6 nitrogen and oxygen atoms in total. The molecule has 6 heteroatoms. The molecule has 0 spiro atoms. The molecule has 0 bridgehead atoms. The Hall–Kier alpha value is -2.11.